The molecule has 0 aromatic carbocycles. The molecule has 0 saturated carbocycles. The molecule has 0 aliphatic heterocycles. The Bertz CT molecular complexity index is 584. The third-order valence-corrected chi connectivity index (χ3v) is 2.80. The molecule has 0 unspecified atom stereocenters. The molecule has 0 N–H and O–H groups in total. The average molecular weight is 263 g/mol. The summed E-state index contributed by atoms with van der Waals surface area (Å²) in [7, 11) is 1.33. The Labute approximate surface area is 111 Å². The quantitative estimate of drug-likeness (QED) is 0.790. The number of hydrogen-bond donors (Lipinski definition) is 0. The van der Waals surface area contributed by atoms with Gasteiger partial charge in [0.15, 0.2) is 5.69 Å². The maximum atomic E-state index is 11.6. The van der Waals surface area contributed by atoms with E-state index in [2.05, 4.69) is 10.3 Å². The smallest absolute Gasteiger partial charge is 0.360 e. The molecule has 2 aromatic rings. The van der Waals surface area contributed by atoms with Gasteiger partial charge in [0.1, 0.15) is 18.1 Å². The maximum absolute atomic E-state index is 11.6. The first-order valence-corrected chi connectivity index (χ1v) is 6.10. The lowest BCUT2D eigenvalue weighted by Gasteiger charge is -2.09. The molecule has 0 fully saturated rings. The minimum absolute atomic E-state index is 0.111. The second kappa shape index (κ2) is 5.26. The molecule has 0 amide bonds. The van der Waals surface area contributed by atoms with Crippen molar-refractivity contribution in [3.8, 4) is 0 Å². The first kappa shape index (κ1) is 13.3. The van der Waals surface area contributed by atoms with Crippen LogP contribution in [0.4, 0.5) is 0 Å². The summed E-state index contributed by atoms with van der Waals surface area (Å²) in [6.45, 7) is 6.30. The molecule has 0 saturated heterocycles. The van der Waals surface area contributed by atoms with Crippen LogP contribution in [0.2, 0.25) is 0 Å². The van der Waals surface area contributed by atoms with Crippen molar-refractivity contribution >= 4 is 5.97 Å². The normalized spacial score (nSPS) is 11.0. The van der Waals surface area contributed by atoms with Crippen molar-refractivity contribution in [1.29, 1.82) is 0 Å². The summed E-state index contributed by atoms with van der Waals surface area (Å²) < 4.78 is 11.9. The number of rotatable bonds is 4. The summed E-state index contributed by atoms with van der Waals surface area (Å²) in [6.07, 6.45) is 0. The first-order valence-electron chi connectivity index (χ1n) is 6.10. The fourth-order valence-electron chi connectivity index (χ4n) is 1.97. The van der Waals surface area contributed by atoms with E-state index in [1.807, 2.05) is 32.9 Å². The van der Waals surface area contributed by atoms with Gasteiger partial charge in [-0.25, -0.2) is 9.48 Å². The lowest BCUT2D eigenvalue weighted by molar-refractivity contribution is 0.0592. The van der Waals surface area contributed by atoms with E-state index in [1.54, 1.807) is 4.68 Å². The average Bonchev–Trinajstić information content (AvgIpc) is 2.95. The number of esters is 1. The molecule has 2 aromatic heterocycles. The molecule has 0 radical (unpaired) electrons. The molecule has 6 nitrogen and oxygen atoms in total. The number of furan rings is 1. The molecule has 0 aliphatic rings. The predicted octanol–water partition coefficient (Wildman–Crippen LogP) is 2.14. The van der Waals surface area contributed by atoms with Crippen LogP contribution in [-0.2, 0) is 11.3 Å². The zero-order chi connectivity index (χ0) is 14.0. The van der Waals surface area contributed by atoms with Gasteiger partial charge in [-0.1, -0.05) is 19.1 Å². The number of aryl methyl sites for hydroxylation is 1. The number of nitrogens with zero attached hydrogens (tertiary/aromatic N) is 3. The largest absolute Gasteiger partial charge is 0.464 e. The summed E-state index contributed by atoms with van der Waals surface area (Å²) in [4.78, 5) is 11.6. The zero-order valence-electron chi connectivity index (χ0n) is 11.5. The monoisotopic (exact) mass is 263 g/mol. The van der Waals surface area contributed by atoms with Crippen LogP contribution >= 0.6 is 0 Å². The van der Waals surface area contributed by atoms with E-state index in [0.29, 0.717) is 6.54 Å². The molecule has 2 rings (SSSR count). The zero-order valence-corrected chi connectivity index (χ0v) is 11.5. The van der Waals surface area contributed by atoms with E-state index < -0.39 is 5.97 Å². The van der Waals surface area contributed by atoms with Gasteiger partial charge in [0.05, 0.1) is 12.8 Å². The van der Waals surface area contributed by atoms with Gasteiger partial charge >= 0.3 is 5.97 Å². The van der Waals surface area contributed by atoms with E-state index in [0.717, 1.165) is 17.2 Å². The van der Waals surface area contributed by atoms with Gasteiger partial charge in [0.25, 0.3) is 0 Å². The van der Waals surface area contributed by atoms with Crippen LogP contribution in [-0.4, -0.2) is 28.1 Å². The van der Waals surface area contributed by atoms with Crippen molar-refractivity contribution in [2.75, 3.05) is 7.11 Å². The second-order valence-electron chi connectivity index (χ2n) is 4.64. The molecular formula is C13H17N3O3. The van der Waals surface area contributed by atoms with Crippen LogP contribution in [0.1, 0.15) is 47.5 Å². The van der Waals surface area contributed by atoms with E-state index in [4.69, 9.17) is 9.15 Å². The highest BCUT2D eigenvalue weighted by atomic mass is 16.5. The van der Waals surface area contributed by atoms with Crippen LogP contribution in [0.5, 0.6) is 0 Å². The summed E-state index contributed by atoms with van der Waals surface area (Å²) in [5, 5.41) is 7.92. The number of ether oxygens (including phenoxy) is 1. The molecule has 2 heterocycles. The van der Waals surface area contributed by atoms with Crippen molar-refractivity contribution in [1.82, 2.24) is 15.0 Å². The van der Waals surface area contributed by atoms with Crippen LogP contribution < -0.4 is 0 Å². The highest BCUT2D eigenvalue weighted by Gasteiger charge is 2.23. The third kappa shape index (κ3) is 2.67. The minimum Gasteiger partial charge on any atom is -0.464 e. The summed E-state index contributed by atoms with van der Waals surface area (Å²) >= 11 is 0. The Morgan fingerprint density at radius 3 is 2.74 bits per heavy atom. The van der Waals surface area contributed by atoms with Crippen molar-refractivity contribution in [2.45, 2.75) is 33.2 Å². The van der Waals surface area contributed by atoms with Gasteiger partial charge < -0.3 is 9.15 Å². The fourth-order valence-corrected chi connectivity index (χ4v) is 1.97. The van der Waals surface area contributed by atoms with Gasteiger partial charge in [-0.15, -0.1) is 5.10 Å². The molecular weight excluding hydrogens is 246 g/mol. The lowest BCUT2D eigenvalue weighted by Crippen LogP contribution is -2.11. The predicted molar refractivity (Wildman–Crippen MR) is 68.0 cm³/mol. The SMILES string of the molecule is COC(=O)c1nnn(Cc2ccc(C)o2)c1C(C)C. The molecule has 0 aliphatic carbocycles. The van der Waals surface area contributed by atoms with Crippen molar-refractivity contribution in [2.24, 2.45) is 0 Å². The Morgan fingerprint density at radius 2 is 2.21 bits per heavy atom. The van der Waals surface area contributed by atoms with Gasteiger partial charge in [-0.05, 0) is 25.0 Å². The molecule has 0 spiro atoms. The molecule has 0 bridgehead atoms. The van der Waals surface area contributed by atoms with Crippen molar-refractivity contribution in [3.63, 3.8) is 0 Å². The Hall–Kier alpha value is -2.11. The van der Waals surface area contributed by atoms with Gasteiger partial charge in [-0.2, -0.15) is 0 Å². The fraction of sp³-hybridized carbons (Fsp3) is 0.462. The maximum Gasteiger partial charge on any atom is 0.360 e. The Kier molecular flexibility index (Phi) is 3.69. The van der Waals surface area contributed by atoms with E-state index in [9.17, 15) is 4.79 Å². The van der Waals surface area contributed by atoms with Crippen molar-refractivity contribution < 1.29 is 13.9 Å². The number of hydrogen-bond acceptors (Lipinski definition) is 5. The van der Waals surface area contributed by atoms with E-state index >= 15 is 0 Å². The van der Waals surface area contributed by atoms with Crippen LogP contribution in [0.3, 0.4) is 0 Å². The Morgan fingerprint density at radius 1 is 1.47 bits per heavy atom. The standard InChI is InChI=1S/C13H17N3O3/c1-8(2)12-11(13(17)18-4)14-15-16(12)7-10-6-5-9(3)19-10/h5-6,8H,7H2,1-4H3. The van der Waals surface area contributed by atoms with Crippen LogP contribution in [0, 0.1) is 6.92 Å². The van der Waals surface area contributed by atoms with Crippen molar-refractivity contribution in [3.05, 3.63) is 35.0 Å². The number of aromatic nitrogens is 3. The minimum atomic E-state index is -0.467. The highest BCUT2D eigenvalue weighted by molar-refractivity contribution is 5.88. The summed E-state index contributed by atoms with van der Waals surface area (Å²) in [5.41, 5.74) is 1.02. The highest BCUT2D eigenvalue weighted by Crippen LogP contribution is 2.20. The number of carbonyl (C=O) groups is 1. The third-order valence-electron chi connectivity index (χ3n) is 2.80. The van der Waals surface area contributed by atoms with Crippen LogP contribution in [0.15, 0.2) is 16.5 Å². The summed E-state index contributed by atoms with van der Waals surface area (Å²) in [6, 6.07) is 3.78. The van der Waals surface area contributed by atoms with E-state index in [-0.39, 0.29) is 11.6 Å². The van der Waals surface area contributed by atoms with Crippen LogP contribution in [0.25, 0.3) is 0 Å². The molecule has 6 heteroatoms. The second-order valence-corrected chi connectivity index (χ2v) is 4.64. The molecule has 102 valence electrons. The van der Waals surface area contributed by atoms with Gasteiger partial charge in [-0.3, -0.25) is 0 Å². The molecule has 0 atom stereocenters. The van der Waals surface area contributed by atoms with Gasteiger partial charge in [0.2, 0.25) is 0 Å². The number of methoxy groups -OCH3 is 1. The first-order chi connectivity index (χ1) is 9.02. The number of carbonyl (C=O) groups excluding carboxylic acids is 1. The Balaban J connectivity index is 2.35. The molecule has 19 heavy (non-hydrogen) atoms. The lowest BCUT2D eigenvalue weighted by atomic mass is 10.1. The van der Waals surface area contributed by atoms with E-state index in [1.165, 1.54) is 7.11 Å². The summed E-state index contributed by atoms with van der Waals surface area (Å²) in [5.74, 6) is 1.26. The van der Waals surface area contributed by atoms with Gasteiger partial charge in [0, 0.05) is 0 Å². The topological polar surface area (TPSA) is 70.2 Å².